The van der Waals surface area contributed by atoms with Crippen molar-refractivity contribution in [1.82, 2.24) is 4.90 Å². The summed E-state index contributed by atoms with van der Waals surface area (Å²) in [7, 11) is 0. The van der Waals surface area contributed by atoms with Crippen LogP contribution in [0, 0.1) is 11.8 Å². The van der Waals surface area contributed by atoms with Gasteiger partial charge in [-0.25, -0.2) is 0 Å². The van der Waals surface area contributed by atoms with Gasteiger partial charge in [-0.2, -0.15) is 0 Å². The van der Waals surface area contributed by atoms with E-state index in [0.29, 0.717) is 13.0 Å². The van der Waals surface area contributed by atoms with Crippen molar-refractivity contribution in [3.8, 4) is 0 Å². The summed E-state index contributed by atoms with van der Waals surface area (Å²) in [6, 6.07) is 0.108. The van der Waals surface area contributed by atoms with Crippen LogP contribution in [0.1, 0.15) is 39.5 Å². The van der Waals surface area contributed by atoms with Gasteiger partial charge in [-0.3, -0.25) is 9.59 Å². The maximum atomic E-state index is 12.5. The number of carbonyl (C=O) groups excluding carboxylic acids is 2. The molecule has 0 saturated carbocycles. The number of nitrogens with zero attached hydrogens (tertiary/aromatic N) is 1. The molecule has 1 fully saturated rings. The van der Waals surface area contributed by atoms with Crippen molar-refractivity contribution in [2.75, 3.05) is 6.54 Å². The van der Waals surface area contributed by atoms with Crippen LogP contribution >= 0.6 is 12.2 Å². The van der Waals surface area contributed by atoms with Crippen LogP contribution in [0.15, 0.2) is 0 Å². The molecule has 2 amide bonds. The van der Waals surface area contributed by atoms with Crippen LogP contribution in [-0.4, -0.2) is 34.3 Å². The van der Waals surface area contributed by atoms with Gasteiger partial charge in [0.2, 0.25) is 11.8 Å². The van der Waals surface area contributed by atoms with Crippen molar-refractivity contribution in [3.05, 3.63) is 0 Å². The molecule has 0 radical (unpaired) electrons. The third-order valence-electron chi connectivity index (χ3n) is 3.79. The Balaban J connectivity index is 2.82. The first-order valence-corrected chi connectivity index (χ1v) is 7.18. The number of amides is 2. The van der Waals surface area contributed by atoms with Gasteiger partial charge in [-0.05, 0) is 26.2 Å². The van der Waals surface area contributed by atoms with E-state index in [0.717, 1.165) is 19.3 Å². The summed E-state index contributed by atoms with van der Waals surface area (Å²) in [5.41, 5.74) is 11.0. The van der Waals surface area contributed by atoms with E-state index in [4.69, 9.17) is 23.7 Å². The Labute approximate surface area is 119 Å². The van der Waals surface area contributed by atoms with Crippen LogP contribution in [-0.2, 0) is 9.59 Å². The fourth-order valence-corrected chi connectivity index (χ4v) is 2.74. The lowest BCUT2D eigenvalue weighted by Crippen LogP contribution is -2.52. The molecule has 0 aromatic heterocycles. The Morgan fingerprint density at radius 1 is 1.37 bits per heavy atom. The highest BCUT2D eigenvalue weighted by Gasteiger charge is 2.35. The van der Waals surface area contributed by atoms with Crippen LogP contribution in [0.5, 0.6) is 0 Å². The minimum Gasteiger partial charge on any atom is -0.393 e. The third kappa shape index (κ3) is 3.89. The average Bonchev–Trinajstić information content (AvgIpc) is 2.35. The number of thiocarbonyl (C=S) groups is 1. The molecule has 5 nitrogen and oxygen atoms in total. The second kappa shape index (κ2) is 6.84. The van der Waals surface area contributed by atoms with Crippen LogP contribution in [0.2, 0.25) is 0 Å². The number of rotatable bonds is 5. The molecule has 19 heavy (non-hydrogen) atoms. The molecule has 6 heteroatoms. The lowest BCUT2D eigenvalue weighted by atomic mass is 9.91. The van der Waals surface area contributed by atoms with Crippen LogP contribution < -0.4 is 11.5 Å². The molecule has 1 aliphatic rings. The second-order valence-electron chi connectivity index (χ2n) is 5.26. The van der Waals surface area contributed by atoms with Gasteiger partial charge in [0.05, 0.1) is 16.8 Å². The number of hydrogen-bond acceptors (Lipinski definition) is 3. The topological polar surface area (TPSA) is 89.4 Å². The first-order chi connectivity index (χ1) is 8.88. The number of piperidine rings is 1. The van der Waals surface area contributed by atoms with Gasteiger partial charge >= 0.3 is 0 Å². The standard InChI is InChI=1S/C13H23N3O2S/c1-3-4-10(12(15)19)13(18)16-7-9(11(14)17)6-5-8(16)2/h8-10H,3-7H2,1-2H3,(H2,14,17)(H2,15,19). The molecule has 0 aliphatic carbocycles. The van der Waals surface area contributed by atoms with E-state index < -0.39 is 5.92 Å². The van der Waals surface area contributed by atoms with E-state index in [2.05, 4.69) is 0 Å². The molecule has 108 valence electrons. The molecule has 0 spiro atoms. The van der Waals surface area contributed by atoms with Crippen molar-refractivity contribution in [3.63, 3.8) is 0 Å². The summed E-state index contributed by atoms with van der Waals surface area (Å²) in [5, 5.41) is 0. The summed E-state index contributed by atoms with van der Waals surface area (Å²) >= 11 is 4.99. The van der Waals surface area contributed by atoms with Gasteiger partial charge in [0.25, 0.3) is 0 Å². The summed E-state index contributed by atoms with van der Waals surface area (Å²) < 4.78 is 0. The van der Waals surface area contributed by atoms with E-state index in [1.807, 2.05) is 13.8 Å². The second-order valence-corrected chi connectivity index (χ2v) is 5.73. The molecule has 0 aromatic carbocycles. The largest absolute Gasteiger partial charge is 0.393 e. The Hall–Kier alpha value is -1.17. The average molecular weight is 285 g/mol. The zero-order valence-electron chi connectivity index (χ0n) is 11.6. The predicted molar refractivity (Wildman–Crippen MR) is 78.3 cm³/mol. The van der Waals surface area contributed by atoms with Crippen LogP contribution in [0.3, 0.4) is 0 Å². The van der Waals surface area contributed by atoms with Crippen molar-refractivity contribution in [1.29, 1.82) is 0 Å². The number of carbonyl (C=O) groups is 2. The normalized spacial score (nSPS) is 24.8. The molecule has 1 saturated heterocycles. The first-order valence-electron chi connectivity index (χ1n) is 6.77. The van der Waals surface area contributed by atoms with Gasteiger partial charge in [0.15, 0.2) is 0 Å². The lowest BCUT2D eigenvalue weighted by Gasteiger charge is -2.38. The molecule has 3 atom stereocenters. The van der Waals surface area contributed by atoms with Crippen molar-refractivity contribution < 1.29 is 9.59 Å². The fraction of sp³-hybridized carbons (Fsp3) is 0.769. The van der Waals surface area contributed by atoms with Gasteiger partial charge in [0, 0.05) is 12.6 Å². The van der Waals surface area contributed by atoms with Gasteiger partial charge < -0.3 is 16.4 Å². The zero-order valence-corrected chi connectivity index (χ0v) is 12.4. The van der Waals surface area contributed by atoms with E-state index in [1.54, 1.807) is 4.90 Å². The van der Waals surface area contributed by atoms with Gasteiger partial charge in [0.1, 0.15) is 0 Å². The van der Waals surface area contributed by atoms with Crippen LogP contribution in [0.25, 0.3) is 0 Å². The Morgan fingerprint density at radius 3 is 2.47 bits per heavy atom. The first kappa shape index (κ1) is 15.9. The number of likely N-dealkylation sites (tertiary alicyclic amines) is 1. The Morgan fingerprint density at radius 2 is 2.00 bits per heavy atom. The summed E-state index contributed by atoms with van der Waals surface area (Å²) in [5.74, 6) is -1.08. The van der Waals surface area contributed by atoms with E-state index in [9.17, 15) is 9.59 Å². The molecule has 1 rings (SSSR count). The van der Waals surface area contributed by atoms with Crippen molar-refractivity contribution >= 4 is 29.0 Å². The maximum absolute atomic E-state index is 12.5. The lowest BCUT2D eigenvalue weighted by molar-refractivity contribution is -0.139. The predicted octanol–water partition coefficient (Wildman–Crippen LogP) is 0.801. The molecule has 3 unspecified atom stereocenters. The number of primary amides is 1. The Kier molecular flexibility index (Phi) is 5.72. The molecule has 0 bridgehead atoms. The molecular formula is C13H23N3O2S. The zero-order chi connectivity index (χ0) is 14.6. The summed E-state index contributed by atoms with van der Waals surface area (Å²) in [6.07, 6.45) is 3.02. The van der Waals surface area contributed by atoms with E-state index >= 15 is 0 Å². The maximum Gasteiger partial charge on any atom is 0.232 e. The number of hydrogen-bond donors (Lipinski definition) is 2. The SMILES string of the molecule is CCCC(C(=O)N1CC(C(N)=O)CCC1C)C(N)=S. The smallest absolute Gasteiger partial charge is 0.232 e. The van der Waals surface area contributed by atoms with Crippen molar-refractivity contribution in [2.24, 2.45) is 23.3 Å². The Bertz CT molecular complexity index is 373. The fourth-order valence-electron chi connectivity index (χ4n) is 2.52. The van der Waals surface area contributed by atoms with E-state index in [1.165, 1.54) is 0 Å². The molecule has 1 aliphatic heterocycles. The minimum absolute atomic E-state index is 0.0622. The molecule has 0 aromatic rings. The highest BCUT2D eigenvalue weighted by Crippen LogP contribution is 2.24. The van der Waals surface area contributed by atoms with Crippen LogP contribution in [0.4, 0.5) is 0 Å². The number of nitrogens with two attached hydrogens (primary N) is 2. The van der Waals surface area contributed by atoms with Crippen molar-refractivity contribution in [2.45, 2.75) is 45.6 Å². The highest BCUT2D eigenvalue weighted by molar-refractivity contribution is 7.80. The molecule has 4 N–H and O–H groups in total. The third-order valence-corrected chi connectivity index (χ3v) is 4.07. The quantitative estimate of drug-likeness (QED) is 0.731. The molecular weight excluding hydrogens is 262 g/mol. The summed E-state index contributed by atoms with van der Waals surface area (Å²) in [4.78, 5) is 25.8. The monoisotopic (exact) mass is 285 g/mol. The van der Waals surface area contributed by atoms with Gasteiger partial charge in [-0.1, -0.05) is 25.6 Å². The van der Waals surface area contributed by atoms with E-state index in [-0.39, 0.29) is 28.8 Å². The minimum atomic E-state index is -0.422. The summed E-state index contributed by atoms with van der Waals surface area (Å²) in [6.45, 7) is 4.36. The molecule has 1 heterocycles. The highest BCUT2D eigenvalue weighted by atomic mass is 32.1. The van der Waals surface area contributed by atoms with Gasteiger partial charge in [-0.15, -0.1) is 0 Å².